The first-order valence-electron chi connectivity index (χ1n) is 5.02. The summed E-state index contributed by atoms with van der Waals surface area (Å²) in [6.45, 7) is 1.98. The van der Waals surface area contributed by atoms with Gasteiger partial charge >= 0.3 is 5.97 Å². The van der Waals surface area contributed by atoms with Crippen molar-refractivity contribution in [1.82, 2.24) is 9.97 Å². The van der Waals surface area contributed by atoms with Gasteiger partial charge in [-0.05, 0) is 24.6 Å². The lowest BCUT2D eigenvalue weighted by Gasteiger charge is -2.12. The number of rotatable bonds is 4. The molecule has 17 heavy (non-hydrogen) atoms. The number of aromatic nitrogens is 2. The summed E-state index contributed by atoms with van der Waals surface area (Å²) in [5.41, 5.74) is 1.14. The molecule has 0 aromatic carbocycles. The van der Waals surface area contributed by atoms with Crippen molar-refractivity contribution in [2.75, 3.05) is 5.32 Å². The quantitative estimate of drug-likeness (QED) is 0.870. The molecule has 0 radical (unpaired) electrons. The third-order valence-corrected chi connectivity index (χ3v) is 3.04. The molecule has 0 aliphatic carbocycles. The minimum Gasteiger partial charge on any atom is -0.476 e. The van der Waals surface area contributed by atoms with Crippen LogP contribution < -0.4 is 5.32 Å². The maximum atomic E-state index is 10.7. The Morgan fingerprint density at radius 2 is 2.18 bits per heavy atom. The van der Waals surface area contributed by atoms with Gasteiger partial charge in [-0.2, -0.15) is 0 Å². The highest BCUT2D eigenvalue weighted by Crippen LogP contribution is 2.21. The number of aromatic carboxylic acids is 1. The second kappa shape index (κ2) is 4.92. The van der Waals surface area contributed by atoms with Crippen LogP contribution in [-0.2, 0) is 0 Å². The highest BCUT2D eigenvalue weighted by Gasteiger charge is 2.11. The van der Waals surface area contributed by atoms with Crippen molar-refractivity contribution < 1.29 is 9.90 Å². The zero-order valence-electron chi connectivity index (χ0n) is 9.12. The predicted octanol–water partition coefficient (Wildman–Crippen LogP) is 2.41. The van der Waals surface area contributed by atoms with Crippen LogP contribution in [-0.4, -0.2) is 21.0 Å². The lowest BCUT2D eigenvalue weighted by Crippen LogP contribution is -2.06. The maximum absolute atomic E-state index is 10.7. The summed E-state index contributed by atoms with van der Waals surface area (Å²) in [5.74, 6) is -1.01. The van der Waals surface area contributed by atoms with Gasteiger partial charge in [0.25, 0.3) is 0 Å². The number of nitrogens with zero attached hydrogens (tertiary/aromatic N) is 2. The van der Waals surface area contributed by atoms with Crippen molar-refractivity contribution in [3.8, 4) is 0 Å². The highest BCUT2D eigenvalue weighted by atomic mass is 32.1. The molecule has 1 unspecified atom stereocenters. The Kier molecular flexibility index (Phi) is 3.34. The average Bonchev–Trinajstić information content (AvgIpc) is 2.79. The van der Waals surface area contributed by atoms with Crippen LogP contribution in [0, 0.1) is 0 Å². The normalized spacial score (nSPS) is 12.1. The summed E-state index contributed by atoms with van der Waals surface area (Å²) in [4.78, 5) is 18.6. The monoisotopic (exact) mass is 249 g/mol. The largest absolute Gasteiger partial charge is 0.476 e. The van der Waals surface area contributed by atoms with Crippen molar-refractivity contribution in [2.24, 2.45) is 0 Å². The Morgan fingerprint density at radius 3 is 2.76 bits per heavy atom. The number of hydrogen-bond donors (Lipinski definition) is 2. The molecule has 5 nitrogen and oxygen atoms in total. The van der Waals surface area contributed by atoms with E-state index >= 15 is 0 Å². The molecule has 0 aliphatic rings. The molecule has 2 aromatic heterocycles. The van der Waals surface area contributed by atoms with Crippen molar-refractivity contribution >= 4 is 22.4 Å². The molecular formula is C11H11N3O2S. The molecule has 2 aromatic rings. The molecule has 2 rings (SSSR count). The van der Waals surface area contributed by atoms with Gasteiger partial charge in [-0.15, -0.1) is 11.3 Å². The number of thiazole rings is 1. The molecule has 0 spiro atoms. The van der Waals surface area contributed by atoms with Crippen molar-refractivity contribution in [3.63, 3.8) is 0 Å². The fourth-order valence-electron chi connectivity index (χ4n) is 1.36. The molecule has 0 saturated carbocycles. The number of anilines is 1. The maximum Gasteiger partial charge on any atom is 0.355 e. The van der Waals surface area contributed by atoms with E-state index in [2.05, 4.69) is 15.3 Å². The van der Waals surface area contributed by atoms with Gasteiger partial charge in [0.2, 0.25) is 0 Å². The Balaban J connectivity index is 2.08. The average molecular weight is 249 g/mol. The molecule has 1 atom stereocenters. The summed E-state index contributed by atoms with van der Waals surface area (Å²) < 4.78 is 0. The molecule has 88 valence electrons. The second-order valence-corrected chi connectivity index (χ2v) is 4.35. The number of carboxylic acids is 1. The molecule has 2 N–H and O–H groups in total. The van der Waals surface area contributed by atoms with E-state index in [0.717, 1.165) is 5.56 Å². The summed E-state index contributed by atoms with van der Waals surface area (Å²) in [6.07, 6.45) is 3.44. The first-order valence-corrected chi connectivity index (χ1v) is 5.90. The summed E-state index contributed by atoms with van der Waals surface area (Å²) >= 11 is 1.28. The topological polar surface area (TPSA) is 75.1 Å². The molecule has 2 heterocycles. The summed E-state index contributed by atoms with van der Waals surface area (Å²) in [5, 5.41) is 14.0. The van der Waals surface area contributed by atoms with Crippen LogP contribution in [0.15, 0.2) is 29.9 Å². The Morgan fingerprint density at radius 1 is 1.47 bits per heavy atom. The van der Waals surface area contributed by atoms with E-state index in [9.17, 15) is 4.79 Å². The summed E-state index contributed by atoms with van der Waals surface area (Å²) in [7, 11) is 0. The van der Waals surface area contributed by atoms with E-state index in [4.69, 9.17) is 5.11 Å². The van der Waals surface area contributed by atoms with Gasteiger partial charge in [0.15, 0.2) is 10.8 Å². The summed E-state index contributed by atoms with van der Waals surface area (Å²) in [6, 6.07) is 3.87. The van der Waals surface area contributed by atoms with Gasteiger partial charge in [0.1, 0.15) is 0 Å². The van der Waals surface area contributed by atoms with Gasteiger partial charge < -0.3 is 10.4 Å². The van der Waals surface area contributed by atoms with Crippen LogP contribution in [0.25, 0.3) is 0 Å². The zero-order valence-corrected chi connectivity index (χ0v) is 9.94. The van der Waals surface area contributed by atoms with Gasteiger partial charge in [-0.1, -0.05) is 0 Å². The van der Waals surface area contributed by atoms with Gasteiger partial charge in [-0.25, -0.2) is 9.78 Å². The van der Waals surface area contributed by atoms with Crippen LogP contribution in [0.2, 0.25) is 0 Å². The smallest absolute Gasteiger partial charge is 0.355 e. The molecule has 6 heteroatoms. The van der Waals surface area contributed by atoms with E-state index in [-0.39, 0.29) is 11.7 Å². The van der Waals surface area contributed by atoms with E-state index < -0.39 is 5.97 Å². The van der Waals surface area contributed by atoms with E-state index in [1.807, 2.05) is 19.1 Å². The lowest BCUT2D eigenvalue weighted by atomic mass is 10.1. The highest BCUT2D eigenvalue weighted by molar-refractivity contribution is 7.13. The first kappa shape index (κ1) is 11.5. The van der Waals surface area contributed by atoms with E-state index in [1.54, 1.807) is 12.4 Å². The standard InChI is InChI=1S/C11H11N3O2S/c1-7(8-2-4-12-5-3-8)13-11-14-9(6-17-11)10(15)16/h2-7H,1H3,(H,13,14)(H,15,16). The second-order valence-electron chi connectivity index (χ2n) is 3.49. The fraction of sp³-hybridized carbons (Fsp3) is 0.182. The Bertz CT molecular complexity index is 512. The zero-order chi connectivity index (χ0) is 12.3. The van der Waals surface area contributed by atoms with Crippen molar-refractivity contribution in [2.45, 2.75) is 13.0 Å². The van der Waals surface area contributed by atoms with Gasteiger partial charge in [-0.3, -0.25) is 4.98 Å². The number of carboxylic acid groups (broad SMARTS) is 1. The molecule has 0 aliphatic heterocycles. The molecule has 0 amide bonds. The molecule has 0 bridgehead atoms. The number of nitrogens with one attached hydrogen (secondary N) is 1. The van der Waals surface area contributed by atoms with E-state index in [0.29, 0.717) is 5.13 Å². The van der Waals surface area contributed by atoms with Crippen molar-refractivity contribution in [3.05, 3.63) is 41.2 Å². The number of carbonyl (C=O) groups is 1. The van der Waals surface area contributed by atoms with Crippen LogP contribution in [0.1, 0.15) is 29.0 Å². The Hall–Kier alpha value is -1.95. The minimum atomic E-state index is -1.01. The van der Waals surface area contributed by atoms with Gasteiger partial charge in [0.05, 0.1) is 6.04 Å². The third kappa shape index (κ3) is 2.79. The van der Waals surface area contributed by atoms with Gasteiger partial charge in [0, 0.05) is 17.8 Å². The Labute approximate surface area is 102 Å². The van der Waals surface area contributed by atoms with Crippen LogP contribution >= 0.6 is 11.3 Å². The van der Waals surface area contributed by atoms with E-state index in [1.165, 1.54) is 16.7 Å². The predicted molar refractivity (Wildman–Crippen MR) is 65.3 cm³/mol. The molecule has 0 fully saturated rings. The molecular weight excluding hydrogens is 238 g/mol. The lowest BCUT2D eigenvalue weighted by molar-refractivity contribution is 0.0691. The van der Waals surface area contributed by atoms with Crippen LogP contribution in [0.5, 0.6) is 0 Å². The number of pyridine rings is 1. The fourth-order valence-corrected chi connectivity index (χ4v) is 2.13. The van der Waals surface area contributed by atoms with Crippen LogP contribution in [0.4, 0.5) is 5.13 Å². The van der Waals surface area contributed by atoms with Crippen molar-refractivity contribution in [1.29, 1.82) is 0 Å². The van der Waals surface area contributed by atoms with Crippen LogP contribution in [0.3, 0.4) is 0 Å². The number of hydrogen-bond acceptors (Lipinski definition) is 5. The first-order chi connectivity index (χ1) is 8.16. The SMILES string of the molecule is CC(Nc1nc(C(=O)O)cs1)c1ccncc1. The molecule has 0 saturated heterocycles. The third-order valence-electron chi connectivity index (χ3n) is 2.27. The minimum absolute atomic E-state index is 0.0609.